The van der Waals surface area contributed by atoms with Crippen molar-refractivity contribution in [1.29, 1.82) is 0 Å². The van der Waals surface area contributed by atoms with E-state index in [2.05, 4.69) is 26.7 Å². The van der Waals surface area contributed by atoms with Gasteiger partial charge in [-0.25, -0.2) is 14.4 Å². The Bertz CT molecular complexity index is 999. The second kappa shape index (κ2) is 10.4. The standard InChI is InChI=1S/C23H28FN5O/c1-4-25-23(27-12-11-19-7-5-6-8-22(19)30-3)28-16-18-9-10-21(20(24)15-18)29-14-13-26-17(29)2/h5-10,13-15H,4,11-12,16H2,1-3H3,(H2,25,27,28). The fourth-order valence-corrected chi connectivity index (χ4v) is 3.21. The summed E-state index contributed by atoms with van der Waals surface area (Å²) in [5, 5.41) is 6.55. The molecule has 2 aromatic carbocycles. The number of methoxy groups -OCH3 is 1. The van der Waals surface area contributed by atoms with Gasteiger partial charge >= 0.3 is 0 Å². The minimum atomic E-state index is -0.294. The fraction of sp³-hybridized carbons (Fsp3) is 0.304. The lowest BCUT2D eigenvalue weighted by Crippen LogP contribution is -2.38. The summed E-state index contributed by atoms with van der Waals surface area (Å²) >= 11 is 0. The highest BCUT2D eigenvalue weighted by Crippen LogP contribution is 2.18. The molecular formula is C23H28FN5O. The number of hydrogen-bond acceptors (Lipinski definition) is 3. The van der Waals surface area contributed by atoms with E-state index in [4.69, 9.17) is 4.74 Å². The zero-order valence-electron chi connectivity index (χ0n) is 17.7. The Morgan fingerprint density at radius 2 is 2.03 bits per heavy atom. The van der Waals surface area contributed by atoms with Crippen LogP contribution in [0.25, 0.3) is 5.69 Å². The average Bonchev–Trinajstić information content (AvgIpc) is 3.18. The minimum Gasteiger partial charge on any atom is -0.496 e. The quantitative estimate of drug-likeness (QED) is 0.441. The summed E-state index contributed by atoms with van der Waals surface area (Å²) in [7, 11) is 1.68. The molecule has 0 radical (unpaired) electrons. The molecule has 0 aliphatic carbocycles. The first kappa shape index (κ1) is 21.4. The van der Waals surface area contributed by atoms with Gasteiger partial charge in [-0.1, -0.05) is 24.3 Å². The molecule has 0 atom stereocenters. The Morgan fingerprint density at radius 1 is 1.20 bits per heavy atom. The molecule has 7 heteroatoms. The Hall–Kier alpha value is -3.35. The fourth-order valence-electron chi connectivity index (χ4n) is 3.21. The van der Waals surface area contributed by atoms with Crippen molar-refractivity contribution >= 4 is 5.96 Å². The van der Waals surface area contributed by atoms with Gasteiger partial charge < -0.3 is 19.9 Å². The molecule has 2 N–H and O–H groups in total. The highest BCUT2D eigenvalue weighted by Gasteiger charge is 2.08. The van der Waals surface area contributed by atoms with Gasteiger partial charge in [-0.2, -0.15) is 0 Å². The van der Waals surface area contributed by atoms with Crippen molar-refractivity contribution in [2.45, 2.75) is 26.8 Å². The van der Waals surface area contributed by atoms with Crippen LogP contribution in [0.3, 0.4) is 0 Å². The second-order valence-corrected chi connectivity index (χ2v) is 6.81. The van der Waals surface area contributed by atoms with Gasteiger partial charge in [0.15, 0.2) is 5.96 Å². The third-order valence-electron chi connectivity index (χ3n) is 4.74. The van der Waals surface area contributed by atoms with Crippen molar-refractivity contribution in [3.63, 3.8) is 0 Å². The number of aryl methyl sites for hydroxylation is 1. The molecule has 0 fully saturated rings. The zero-order chi connectivity index (χ0) is 21.3. The molecule has 0 aliphatic heterocycles. The second-order valence-electron chi connectivity index (χ2n) is 6.81. The topological polar surface area (TPSA) is 63.5 Å². The van der Waals surface area contributed by atoms with E-state index >= 15 is 0 Å². The number of aliphatic imine (C=N–C) groups is 1. The first-order valence-electron chi connectivity index (χ1n) is 10.0. The number of ether oxygens (including phenoxy) is 1. The van der Waals surface area contributed by atoms with Crippen LogP contribution in [0.4, 0.5) is 4.39 Å². The van der Waals surface area contributed by atoms with Gasteiger partial charge in [-0.15, -0.1) is 0 Å². The molecule has 3 rings (SSSR count). The van der Waals surface area contributed by atoms with E-state index in [0.717, 1.165) is 35.7 Å². The lowest BCUT2D eigenvalue weighted by Gasteiger charge is -2.13. The maximum Gasteiger partial charge on any atom is 0.191 e. The first-order chi connectivity index (χ1) is 14.6. The van der Waals surface area contributed by atoms with Crippen LogP contribution in [-0.4, -0.2) is 35.7 Å². The number of guanidine groups is 1. The molecule has 3 aromatic rings. The first-order valence-corrected chi connectivity index (χ1v) is 10.0. The Morgan fingerprint density at radius 3 is 2.73 bits per heavy atom. The van der Waals surface area contributed by atoms with Gasteiger partial charge in [0.2, 0.25) is 0 Å². The lowest BCUT2D eigenvalue weighted by molar-refractivity contribution is 0.409. The average molecular weight is 410 g/mol. The zero-order valence-corrected chi connectivity index (χ0v) is 17.7. The molecule has 0 bridgehead atoms. The van der Waals surface area contributed by atoms with Gasteiger partial charge in [0.25, 0.3) is 0 Å². The molecule has 0 amide bonds. The number of rotatable bonds is 8. The smallest absolute Gasteiger partial charge is 0.191 e. The van der Waals surface area contributed by atoms with Crippen LogP contribution in [-0.2, 0) is 13.0 Å². The van der Waals surface area contributed by atoms with Gasteiger partial charge in [0, 0.05) is 25.5 Å². The Kier molecular flexibility index (Phi) is 7.43. The number of imidazole rings is 1. The van der Waals surface area contributed by atoms with Crippen molar-refractivity contribution in [3.8, 4) is 11.4 Å². The maximum atomic E-state index is 14.6. The van der Waals surface area contributed by atoms with Crippen molar-refractivity contribution < 1.29 is 9.13 Å². The van der Waals surface area contributed by atoms with Crippen molar-refractivity contribution in [2.75, 3.05) is 20.2 Å². The van der Waals surface area contributed by atoms with E-state index in [1.54, 1.807) is 30.1 Å². The van der Waals surface area contributed by atoms with Crippen LogP contribution in [0.5, 0.6) is 5.75 Å². The van der Waals surface area contributed by atoms with Gasteiger partial charge in [0.1, 0.15) is 17.4 Å². The number of halogens is 1. The van der Waals surface area contributed by atoms with E-state index in [-0.39, 0.29) is 5.82 Å². The molecule has 0 aliphatic rings. The van der Waals surface area contributed by atoms with Gasteiger partial charge in [-0.05, 0) is 49.6 Å². The minimum absolute atomic E-state index is 0.294. The highest BCUT2D eigenvalue weighted by molar-refractivity contribution is 5.79. The van der Waals surface area contributed by atoms with Crippen molar-refractivity contribution in [2.24, 2.45) is 4.99 Å². The number of nitrogens with zero attached hydrogens (tertiary/aromatic N) is 3. The summed E-state index contributed by atoms with van der Waals surface area (Å²) in [6.45, 7) is 5.69. The summed E-state index contributed by atoms with van der Waals surface area (Å²) in [6.07, 6.45) is 4.22. The Balaban J connectivity index is 1.63. The van der Waals surface area contributed by atoms with E-state index < -0.39 is 0 Å². The van der Waals surface area contributed by atoms with Crippen molar-refractivity contribution in [1.82, 2.24) is 20.2 Å². The third-order valence-corrected chi connectivity index (χ3v) is 4.74. The predicted octanol–water partition coefficient (Wildman–Crippen LogP) is 3.63. The molecular weight excluding hydrogens is 381 g/mol. The largest absolute Gasteiger partial charge is 0.496 e. The molecule has 0 unspecified atom stereocenters. The number of aromatic nitrogens is 2. The van der Waals surface area contributed by atoms with E-state index in [1.807, 2.05) is 38.1 Å². The van der Waals surface area contributed by atoms with Crippen LogP contribution in [0.1, 0.15) is 23.9 Å². The normalized spacial score (nSPS) is 11.4. The van der Waals surface area contributed by atoms with E-state index in [9.17, 15) is 4.39 Å². The number of benzene rings is 2. The molecule has 30 heavy (non-hydrogen) atoms. The summed E-state index contributed by atoms with van der Waals surface area (Å²) in [4.78, 5) is 8.73. The number of hydrogen-bond donors (Lipinski definition) is 2. The summed E-state index contributed by atoms with van der Waals surface area (Å²) < 4.78 is 21.7. The summed E-state index contributed by atoms with van der Waals surface area (Å²) in [5.41, 5.74) is 2.42. The SMILES string of the molecule is CCNC(=NCc1ccc(-n2ccnc2C)c(F)c1)NCCc1ccccc1OC. The Labute approximate surface area is 176 Å². The lowest BCUT2D eigenvalue weighted by atomic mass is 10.1. The summed E-state index contributed by atoms with van der Waals surface area (Å²) in [5.74, 6) is 2.03. The predicted molar refractivity (Wildman–Crippen MR) is 118 cm³/mol. The van der Waals surface area contributed by atoms with Gasteiger partial charge in [-0.3, -0.25) is 0 Å². The molecule has 0 saturated carbocycles. The van der Waals surface area contributed by atoms with Crippen LogP contribution in [0.15, 0.2) is 59.9 Å². The molecule has 1 heterocycles. The monoisotopic (exact) mass is 409 g/mol. The molecule has 0 spiro atoms. The van der Waals surface area contributed by atoms with Crippen LogP contribution >= 0.6 is 0 Å². The van der Waals surface area contributed by atoms with E-state index in [0.29, 0.717) is 24.7 Å². The van der Waals surface area contributed by atoms with E-state index in [1.165, 1.54) is 6.07 Å². The number of nitrogens with one attached hydrogen (secondary N) is 2. The van der Waals surface area contributed by atoms with Crippen LogP contribution in [0, 0.1) is 12.7 Å². The molecule has 158 valence electrons. The molecule has 6 nitrogen and oxygen atoms in total. The van der Waals surface area contributed by atoms with Crippen LogP contribution < -0.4 is 15.4 Å². The van der Waals surface area contributed by atoms with Crippen LogP contribution in [0.2, 0.25) is 0 Å². The number of para-hydroxylation sites is 1. The highest BCUT2D eigenvalue weighted by atomic mass is 19.1. The van der Waals surface area contributed by atoms with Crippen molar-refractivity contribution in [3.05, 3.63) is 77.6 Å². The molecule has 1 aromatic heterocycles. The molecule has 0 saturated heterocycles. The third kappa shape index (κ3) is 5.37. The van der Waals surface area contributed by atoms with Gasteiger partial charge in [0.05, 0.1) is 19.3 Å². The summed E-state index contributed by atoms with van der Waals surface area (Å²) in [6, 6.07) is 13.1. The maximum absolute atomic E-state index is 14.6.